The number of fused-ring (bicyclic) bond motifs is 1. The van der Waals surface area contributed by atoms with Crippen molar-refractivity contribution in [3.63, 3.8) is 0 Å². The molecular formula is C23H25ClN2O. The molecule has 5 rings (SSSR count). The maximum absolute atomic E-state index is 11.4. The lowest BCUT2D eigenvalue weighted by molar-refractivity contribution is 0.0810. The molecule has 1 aromatic carbocycles. The summed E-state index contributed by atoms with van der Waals surface area (Å²) in [7, 11) is 0. The van der Waals surface area contributed by atoms with Gasteiger partial charge < -0.3 is 9.51 Å². The molecule has 0 amide bonds. The van der Waals surface area contributed by atoms with Crippen LogP contribution in [0.4, 0.5) is 0 Å². The molecule has 2 heterocycles. The first-order chi connectivity index (χ1) is 13.2. The van der Waals surface area contributed by atoms with Crippen molar-refractivity contribution in [3.8, 4) is 0 Å². The van der Waals surface area contributed by atoms with Crippen molar-refractivity contribution in [2.24, 2.45) is 5.92 Å². The first-order valence-corrected chi connectivity index (χ1v) is 10.5. The number of imidazole rings is 1. The Morgan fingerprint density at radius 3 is 2.37 bits per heavy atom. The smallest absolute Gasteiger partial charge is 0.0992 e. The van der Waals surface area contributed by atoms with E-state index in [0.29, 0.717) is 17.8 Å². The van der Waals surface area contributed by atoms with Gasteiger partial charge in [0, 0.05) is 16.8 Å². The minimum absolute atomic E-state index is 0.326. The number of nitrogens with zero attached hydrogens (tertiary/aromatic N) is 2. The minimum atomic E-state index is -0.396. The van der Waals surface area contributed by atoms with E-state index in [0.717, 1.165) is 41.8 Å². The lowest BCUT2D eigenvalue weighted by Crippen LogP contribution is -2.21. The summed E-state index contributed by atoms with van der Waals surface area (Å²) in [4.78, 5) is 4.31. The fourth-order valence-corrected chi connectivity index (χ4v) is 4.97. The topological polar surface area (TPSA) is 37.5 Å². The molecule has 4 heteroatoms. The number of aliphatic hydroxyl groups is 1. The van der Waals surface area contributed by atoms with E-state index in [2.05, 4.69) is 29.4 Å². The molecule has 27 heavy (non-hydrogen) atoms. The molecule has 0 bridgehead atoms. The fourth-order valence-electron chi connectivity index (χ4n) is 4.84. The van der Waals surface area contributed by atoms with Crippen LogP contribution in [0, 0.1) is 5.92 Å². The van der Waals surface area contributed by atoms with Gasteiger partial charge in [-0.05, 0) is 85.6 Å². The number of aromatic nitrogens is 2. The third-order valence-corrected chi connectivity index (χ3v) is 6.79. The highest BCUT2D eigenvalue weighted by Crippen LogP contribution is 2.47. The van der Waals surface area contributed by atoms with Crippen LogP contribution in [-0.4, -0.2) is 14.5 Å². The predicted octanol–water partition coefficient (Wildman–Crippen LogP) is 5.87. The Morgan fingerprint density at radius 1 is 0.963 bits per heavy atom. The summed E-state index contributed by atoms with van der Waals surface area (Å²) in [5.41, 5.74) is 4.93. The van der Waals surface area contributed by atoms with Crippen LogP contribution < -0.4 is 0 Å². The molecule has 0 saturated heterocycles. The Labute approximate surface area is 165 Å². The Balaban J connectivity index is 1.37. The van der Waals surface area contributed by atoms with Gasteiger partial charge in [0.1, 0.15) is 0 Å². The van der Waals surface area contributed by atoms with Crippen LogP contribution in [0.15, 0.2) is 49.1 Å². The second kappa shape index (κ2) is 6.96. The molecule has 3 nitrogen and oxygen atoms in total. The molecule has 2 fully saturated rings. The maximum Gasteiger partial charge on any atom is 0.0992 e. The van der Waals surface area contributed by atoms with E-state index in [4.69, 9.17) is 11.6 Å². The molecule has 1 N–H and O–H groups in total. The second-order valence-electron chi connectivity index (χ2n) is 8.25. The van der Waals surface area contributed by atoms with Crippen LogP contribution in [0.2, 0.25) is 5.02 Å². The van der Waals surface area contributed by atoms with E-state index in [-0.39, 0.29) is 0 Å². The van der Waals surface area contributed by atoms with E-state index >= 15 is 0 Å². The molecule has 2 aliphatic carbocycles. The van der Waals surface area contributed by atoms with E-state index in [1.807, 2.05) is 29.1 Å². The fraction of sp³-hybridized carbons (Fsp3) is 0.435. The molecule has 2 saturated carbocycles. The Hall–Kier alpha value is -1.84. The molecule has 0 spiro atoms. The maximum atomic E-state index is 11.4. The summed E-state index contributed by atoms with van der Waals surface area (Å²) >= 11 is 6.03. The predicted molar refractivity (Wildman–Crippen MR) is 108 cm³/mol. The van der Waals surface area contributed by atoms with Gasteiger partial charge >= 0.3 is 0 Å². The summed E-state index contributed by atoms with van der Waals surface area (Å²) in [6.45, 7) is 0. The van der Waals surface area contributed by atoms with Crippen molar-refractivity contribution in [1.82, 2.24) is 9.38 Å². The number of halogens is 1. The quantitative estimate of drug-likeness (QED) is 0.614. The normalized spacial score (nSPS) is 24.2. The standard InChI is InChI=1S/C23H25ClN2O/c24-19-9-7-16(8-10-19)15-1-5-18(6-2-15)23(27)22-20(17-3-4-17)11-12-26-14-25-13-21(22)26/h7-15,17-18,23,27H,1-6H2/t15?,18?,23-/m1/s1. The highest BCUT2D eigenvalue weighted by Gasteiger charge is 2.34. The van der Waals surface area contributed by atoms with Gasteiger partial charge in [-0.15, -0.1) is 0 Å². The summed E-state index contributed by atoms with van der Waals surface area (Å²) in [6.07, 6.45) is 12.3. The molecule has 0 unspecified atom stereocenters. The SMILES string of the molecule is O[C@@H](c1c(C2CC2)ccn2cncc12)C1CCC(c2ccc(Cl)cc2)CC1. The molecule has 0 radical (unpaired) electrons. The number of pyridine rings is 1. The summed E-state index contributed by atoms with van der Waals surface area (Å²) in [5, 5.41) is 12.1. The van der Waals surface area contributed by atoms with Crippen molar-refractivity contribution in [2.75, 3.05) is 0 Å². The summed E-state index contributed by atoms with van der Waals surface area (Å²) in [6, 6.07) is 10.5. The second-order valence-corrected chi connectivity index (χ2v) is 8.69. The monoisotopic (exact) mass is 380 g/mol. The largest absolute Gasteiger partial charge is 0.388 e. The summed E-state index contributed by atoms with van der Waals surface area (Å²) < 4.78 is 2.05. The molecule has 140 valence electrons. The Morgan fingerprint density at radius 2 is 1.67 bits per heavy atom. The van der Waals surface area contributed by atoms with Gasteiger partial charge in [0.05, 0.1) is 24.1 Å². The van der Waals surface area contributed by atoms with Crippen LogP contribution in [0.25, 0.3) is 5.52 Å². The Kier molecular flexibility index (Phi) is 4.45. The number of rotatable bonds is 4. The average Bonchev–Trinajstić information content (AvgIpc) is 3.44. The minimum Gasteiger partial charge on any atom is -0.388 e. The highest BCUT2D eigenvalue weighted by molar-refractivity contribution is 6.30. The van der Waals surface area contributed by atoms with Crippen LogP contribution >= 0.6 is 11.6 Å². The first-order valence-electron chi connectivity index (χ1n) is 10.1. The zero-order valence-corrected chi connectivity index (χ0v) is 16.1. The Bertz CT molecular complexity index is 937. The van der Waals surface area contributed by atoms with Gasteiger partial charge in [-0.3, -0.25) is 0 Å². The van der Waals surface area contributed by atoms with Gasteiger partial charge in [0.2, 0.25) is 0 Å². The molecule has 2 aromatic heterocycles. The van der Waals surface area contributed by atoms with E-state index in [1.165, 1.54) is 24.0 Å². The van der Waals surface area contributed by atoms with E-state index in [1.54, 1.807) is 0 Å². The molecule has 2 aliphatic rings. The highest BCUT2D eigenvalue weighted by atomic mass is 35.5. The molecule has 1 atom stereocenters. The van der Waals surface area contributed by atoms with Crippen LogP contribution in [0.3, 0.4) is 0 Å². The van der Waals surface area contributed by atoms with E-state index in [9.17, 15) is 5.11 Å². The van der Waals surface area contributed by atoms with Crippen LogP contribution in [0.1, 0.15) is 73.2 Å². The van der Waals surface area contributed by atoms with Gasteiger partial charge in [-0.2, -0.15) is 0 Å². The lowest BCUT2D eigenvalue weighted by Gasteiger charge is -2.33. The van der Waals surface area contributed by atoms with Crippen molar-refractivity contribution in [2.45, 2.75) is 56.5 Å². The van der Waals surface area contributed by atoms with Crippen LogP contribution in [-0.2, 0) is 0 Å². The average molecular weight is 381 g/mol. The summed E-state index contributed by atoms with van der Waals surface area (Å²) in [5.74, 6) is 1.53. The van der Waals surface area contributed by atoms with Gasteiger partial charge in [0.15, 0.2) is 0 Å². The van der Waals surface area contributed by atoms with Gasteiger partial charge in [0.25, 0.3) is 0 Å². The number of hydrogen-bond donors (Lipinski definition) is 1. The first kappa shape index (κ1) is 17.3. The third kappa shape index (κ3) is 3.28. The molecule has 0 aliphatic heterocycles. The van der Waals surface area contributed by atoms with Crippen LogP contribution in [0.5, 0.6) is 0 Å². The number of benzene rings is 1. The van der Waals surface area contributed by atoms with Gasteiger partial charge in [-0.25, -0.2) is 4.98 Å². The number of hydrogen-bond acceptors (Lipinski definition) is 2. The van der Waals surface area contributed by atoms with E-state index < -0.39 is 6.10 Å². The van der Waals surface area contributed by atoms with Crippen molar-refractivity contribution in [1.29, 1.82) is 0 Å². The van der Waals surface area contributed by atoms with Crippen molar-refractivity contribution < 1.29 is 5.11 Å². The number of aliphatic hydroxyl groups excluding tert-OH is 1. The lowest BCUT2D eigenvalue weighted by atomic mass is 9.75. The third-order valence-electron chi connectivity index (χ3n) is 6.54. The van der Waals surface area contributed by atoms with Gasteiger partial charge in [-0.1, -0.05) is 23.7 Å². The zero-order valence-electron chi connectivity index (χ0n) is 15.4. The molecule has 3 aromatic rings. The van der Waals surface area contributed by atoms with Crippen molar-refractivity contribution in [3.05, 3.63) is 70.8 Å². The zero-order chi connectivity index (χ0) is 18.4. The molecular weight excluding hydrogens is 356 g/mol. The van der Waals surface area contributed by atoms with Crippen molar-refractivity contribution >= 4 is 17.1 Å².